The number of benzene rings is 2. The minimum atomic E-state index is -0.0353. The zero-order valence-electron chi connectivity index (χ0n) is 14.3. The first-order valence-electron chi connectivity index (χ1n) is 8.33. The Balaban J connectivity index is 2.09. The molecule has 0 aromatic heterocycles. The molecule has 3 nitrogen and oxygen atoms in total. The minimum Gasteiger partial charge on any atom is -0.496 e. The smallest absolute Gasteiger partial charge is 0.185 e. The van der Waals surface area contributed by atoms with Gasteiger partial charge in [-0.3, -0.25) is 4.79 Å². The lowest BCUT2D eigenvalue weighted by Crippen LogP contribution is -1.98. The second-order valence-corrected chi connectivity index (χ2v) is 5.52. The van der Waals surface area contributed by atoms with Crippen molar-refractivity contribution in [2.45, 2.75) is 26.2 Å². The molecule has 0 unspecified atom stereocenters. The molecule has 0 saturated heterocycles. The summed E-state index contributed by atoms with van der Waals surface area (Å²) in [6, 6.07) is 14.9. The van der Waals surface area contributed by atoms with Gasteiger partial charge in [-0.15, -0.1) is 0 Å². The van der Waals surface area contributed by atoms with Crippen molar-refractivity contribution in [1.29, 1.82) is 0 Å². The number of methoxy groups -OCH3 is 1. The van der Waals surface area contributed by atoms with Gasteiger partial charge in [-0.2, -0.15) is 0 Å². The van der Waals surface area contributed by atoms with E-state index in [0.717, 1.165) is 24.2 Å². The Morgan fingerprint density at radius 3 is 2.58 bits per heavy atom. The maximum absolute atomic E-state index is 12.2. The molecule has 3 heteroatoms. The molecule has 24 heavy (non-hydrogen) atoms. The number of ether oxygens (including phenoxy) is 2. The van der Waals surface area contributed by atoms with Gasteiger partial charge in [0.15, 0.2) is 5.78 Å². The molecular formula is C21H24O3. The first-order valence-corrected chi connectivity index (χ1v) is 8.33. The summed E-state index contributed by atoms with van der Waals surface area (Å²) in [6.07, 6.45) is 6.71. The summed E-state index contributed by atoms with van der Waals surface area (Å²) in [4.78, 5) is 12.2. The molecule has 2 rings (SSSR count). The number of carbonyl (C=O) groups excluding carboxylic acids is 1. The third-order valence-electron chi connectivity index (χ3n) is 3.69. The molecule has 0 radical (unpaired) electrons. The van der Waals surface area contributed by atoms with Crippen LogP contribution in [-0.4, -0.2) is 19.5 Å². The first-order chi connectivity index (χ1) is 11.7. The van der Waals surface area contributed by atoms with Crippen LogP contribution in [0.2, 0.25) is 0 Å². The predicted octanol–water partition coefficient (Wildman–Crippen LogP) is 5.16. The molecule has 2 aromatic carbocycles. The zero-order valence-corrected chi connectivity index (χ0v) is 14.3. The average Bonchev–Trinajstić information content (AvgIpc) is 2.64. The van der Waals surface area contributed by atoms with Crippen LogP contribution in [-0.2, 0) is 0 Å². The Morgan fingerprint density at radius 2 is 1.88 bits per heavy atom. The third-order valence-corrected chi connectivity index (χ3v) is 3.69. The molecule has 0 aliphatic heterocycles. The van der Waals surface area contributed by atoms with E-state index in [1.165, 1.54) is 6.42 Å². The molecule has 0 heterocycles. The average molecular weight is 324 g/mol. The highest BCUT2D eigenvalue weighted by molar-refractivity contribution is 6.06. The van der Waals surface area contributed by atoms with E-state index in [0.29, 0.717) is 17.9 Å². The summed E-state index contributed by atoms with van der Waals surface area (Å²) in [5, 5.41) is 0. The molecule has 0 amide bonds. The predicted molar refractivity (Wildman–Crippen MR) is 97.8 cm³/mol. The molecular weight excluding hydrogens is 300 g/mol. The maximum Gasteiger partial charge on any atom is 0.185 e. The summed E-state index contributed by atoms with van der Waals surface area (Å²) in [7, 11) is 1.62. The molecule has 126 valence electrons. The number of hydrogen-bond donors (Lipinski definition) is 0. The second kappa shape index (κ2) is 9.56. The largest absolute Gasteiger partial charge is 0.496 e. The van der Waals surface area contributed by atoms with Crippen molar-refractivity contribution in [3.05, 3.63) is 65.7 Å². The molecule has 0 spiro atoms. The van der Waals surface area contributed by atoms with Gasteiger partial charge in [0.1, 0.15) is 11.5 Å². The van der Waals surface area contributed by atoms with E-state index >= 15 is 0 Å². The summed E-state index contributed by atoms with van der Waals surface area (Å²) >= 11 is 0. The molecule has 0 N–H and O–H groups in total. The van der Waals surface area contributed by atoms with E-state index in [1.807, 2.05) is 36.4 Å². The molecule has 0 aliphatic rings. The molecule has 2 aromatic rings. The fourth-order valence-corrected chi connectivity index (χ4v) is 2.34. The summed E-state index contributed by atoms with van der Waals surface area (Å²) in [5.74, 6) is 1.47. The van der Waals surface area contributed by atoms with Crippen LogP contribution in [0.5, 0.6) is 11.5 Å². The standard InChI is InChI=1S/C21H24O3/c1-3-4-8-15-24-19-12-14-21(23-2)18(16-19)11-13-20(22)17-9-6-5-7-10-17/h5-7,9-14,16H,3-4,8,15H2,1-2H3. The van der Waals surface area contributed by atoms with Crippen LogP contribution in [0.25, 0.3) is 6.08 Å². The van der Waals surface area contributed by atoms with Crippen molar-refractivity contribution in [3.63, 3.8) is 0 Å². The maximum atomic E-state index is 12.2. The van der Waals surface area contributed by atoms with Crippen LogP contribution in [0.1, 0.15) is 42.1 Å². The lowest BCUT2D eigenvalue weighted by molar-refractivity contribution is 0.104. The van der Waals surface area contributed by atoms with Gasteiger partial charge in [-0.05, 0) is 36.8 Å². The van der Waals surface area contributed by atoms with Crippen LogP contribution in [0.15, 0.2) is 54.6 Å². The van der Waals surface area contributed by atoms with Gasteiger partial charge in [-0.1, -0.05) is 50.1 Å². The van der Waals surface area contributed by atoms with Crippen LogP contribution >= 0.6 is 0 Å². The van der Waals surface area contributed by atoms with Gasteiger partial charge in [0.25, 0.3) is 0 Å². The SMILES string of the molecule is CCCCCOc1ccc(OC)c(C=CC(=O)c2ccccc2)c1. The van der Waals surface area contributed by atoms with Gasteiger partial charge in [0.2, 0.25) is 0 Å². The van der Waals surface area contributed by atoms with Gasteiger partial charge >= 0.3 is 0 Å². The molecule has 0 bridgehead atoms. The first kappa shape index (κ1) is 17.8. The molecule has 0 atom stereocenters. The number of unbranched alkanes of at least 4 members (excludes halogenated alkanes) is 2. The second-order valence-electron chi connectivity index (χ2n) is 5.52. The number of hydrogen-bond acceptors (Lipinski definition) is 3. The van der Waals surface area contributed by atoms with Gasteiger partial charge in [0.05, 0.1) is 13.7 Å². The third kappa shape index (κ3) is 5.27. The Hall–Kier alpha value is -2.55. The summed E-state index contributed by atoms with van der Waals surface area (Å²) in [6.45, 7) is 2.87. The Kier molecular flexibility index (Phi) is 7.09. The Labute approximate surface area is 143 Å². The zero-order chi connectivity index (χ0) is 17.2. The van der Waals surface area contributed by atoms with Crippen LogP contribution in [0, 0.1) is 0 Å². The van der Waals surface area contributed by atoms with E-state index in [4.69, 9.17) is 9.47 Å². The van der Waals surface area contributed by atoms with Crippen molar-refractivity contribution >= 4 is 11.9 Å². The minimum absolute atomic E-state index is 0.0353. The Morgan fingerprint density at radius 1 is 1.08 bits per heavy atom. The normalized spacial score (nSPS) is 10.8. The number of allylic oxidation sites excluding steroid dienone is 1. The van der Waals surface area contributed by atoms with E-state index in [-0.39, 0.29) is 5.78 Å². The number of rotatable bonds is 9. The lowest BCUT2D eigenvalue weighted by Gasteiger charge is -2.09. The number of carbonyl (C=O) groups is 1. The summed E-state index contributed by atoms with van der Waals surface area (Å²) < 4.78 is 11.1. The van der Waals surface area contributed by atoms with Gasteiger partial charge < -0.3 is 9.47 Å². The van der Waals surface area contributed by atoms with E-state index in [9.17, 15) is 4.79 Å². The lowest BCUT2D eigenvalue weighted by atomic mass is 10.1. The fraction of sp³-hybridized carbons (Fsp3) is 0.286. The van der Waals surface area contributed by atoms with Crippen molar-refractivity contribution in [2.24, 2.45) is 0 Å². The topological polar surface area (TPSA) is 35.5 Å². The quantitative estimate of drug-likeness (QED) is 0.363. The van der Waals surface area contributed by atoms with Crippen molar-refractivity contribution in [1.82, 2.24) is 0 Å². The van der Waals surface area contributed by atoms with Gasteiger partial charge in [-0.25, -0.2) is 0 Å². The van der Waals surface area contributed by atoms with Crippen molar-refractivity contribution < 1.29 is 14.3 Å². The van der Waals surface area contributed by atoms with E-state index in [1.54, 1.807) is 31.4 Å². The van der Waals surface area contributed by atoms with Gasteiger partial charge in [0, 0.05) is 11.1 Å². The van der Waals surface area contributed by atoms with Crippen LogP contribution in [0.4, 0.5) is 0 Å². The molecule has 0 aliphatic carbocycles. The monoisotopic (exact) mass is 324 g/mol. The van der Waals surface area contributed by atoms with E-state index in [2.05, 4.69) is 6.92 Å². The Bertz CT molecular complexity index is 675. The van der Waals surface area contributed by atoms with Crippen LogP contribution in [0.3, 0.4) is 0 Å². The van der Waals surface area contributed by atoms with Crippen molar-refractivity contribution in [2.75, 3.05) is 13.7 Å². The summed E-state index contributed by atoms with van der Waals surface area (Å²) in [5.41, 5.74) is 1.49. The highest BCUT2D eigenvalue weighted by atomic mass is 16.5. The highest BCUT2D eigenvalue weighted by Crippen LogP contribution is 2.25. The fourth-order valence-electron chi connectivity index (χ4n) is 2.34. The van der Waals surface area contributed by atoms with E-state index < -0.39 is 0 Å². The molecule has 0 fully saturated rings. The molecule has 0 saturated carbocycles. The van der Waals surface area contributed by atoms with Crippen LogP contribution < -0.4 is 9.47 Å². The number of ketones is 1. The van der Waals surface area contributed by atoms with Crippen molar-refractivity contribution in [3.8, 4) is 11.5 Å². The highest BCUT2D eigenvalue weighted by Gasteiger charge is 2.05.